The van der Waals surface area contributed by atoms with Crippen LogP contribution in [0.1, 0.15) is 41.8 Å². The normalized spacial score (nSPS) is 28.2. The van der Waals surface area contributed by atoms with Crippen molar-refractivity contribution in [3.63, 3.8) is 0 Å². The Labute approximate surface area is 147 Å². The number of likely N-dealkylation sites (tertiary alicyclic amines) is 1. The molecule has 0 aliphatic carbocycles. The van der Waals surface area contributed by atoms with Crippen molar-refractivity contribution in [2.45, 2.75) is 49.8 Å². The minimum absolute atomic E-state index is 0.0188. The highest BCUT2D eigenvalue weighted by molar-refractivity contribution is 7.12. The van der Waals surface area contributed by atoms with E-state index in [1.807, 2.05) is 17.5 Å². The van der Waals surface area contributed by atoms with Crippen molar-refractivity contribution in [1.82, 2.24) is 10.2 Å². The van der Waals surface area contributed by atoms with Gasteiger partial charge in [0.05, 0.1) is 23.1 Å². The van der Waals surface area contributed by atoms with Gasteiger partial charge in [0.1, 0.15) is 0 Å². The lowest BCUT2D eigenvalue weighted by atomic mass is 9.86. The van der Waals surface area contributed by atoms with Crippen molar-refractivity contribution in [2.75, 3.05) is 32.9 Å². The second kappa shape index (κ2) is 7.12. The minimum atomic E-state index is -0.0188. The molecule has 4 rings (SSSR count). The van der Waals surface area contributed by atoms with Gasteiger partial charge >= 0.3 is 0 Å². The van der Waals surface area contributed by atoms with Crippen LogP contribution in [0.25, 0.3) is 0 Å². The summed E-state index contributed by atoms with van der Waals surface area (Å²) < 4.78 is 11.7. The molecule has 1 atom stereocenters. The molecule has 132 valence electrons. The molecule has 4 heterocycles. The zero-order valence-corrected chi connectivity index (χ0v) is 14.9. The van der Waals surface area contributed by atoms with Gasteiger partial charge in [-0.2, -0.15) is 0 Å². The van der Waals surface area contributed by atoms with E-state index >= 15 is 0 Å². The van der Waals surface area contributed by atoms with Crippen LogP contribution in [-0.2, 0) is 9.47 Å². The summed E-state index contributed by atoms with van der Waals surface area (Å²) in [5.41, 5.74) is -0.0188. The summed E-state index contributed by atoms with van der Waals surface area (Å²) in [6, 6.07) is 4.62. The molecule has 1 N–H and O–H groups in total. The zero-order chi connectivity index (χ0) is 16.4. The predicted octanol–water partition coefficient (Wildman–Crippen LogP) is 2.28. The molecule has 5 nitrogen and oxygen atoms in total. The Morgan fingerprint density at radius 2 is 2.08 bits per heavy atom. The van der Waals surface area contributed by atoms with Crippen LogP contribution in [0.2, 0.25) is 0 Å². The first-order valence-electron chi connectivity index (χ1n) is 9.04. The third-order valence-corrected chi connectivity index (χ3v) is 6.57. The van der Waals surface area contributed by atoms with Crippen molar-refractivity contribution in [3.8, 4) is 0 Å². The van der Waals surface area contributed by atoms with E-state index in [0.29, 0.717) is 12.6 Å². The minimum Gasteiger partial charge on any atom is -0.381 e. The molecule has 0 saturated carbocycles. The Bertz CT molecular complexity index is 549. The van der Waals surface area contributed by atoms with Crippen LogP contribution in [0.5, 0.6) is 0 Å². The maximum Gasteiger partial charge on any atom is 0.261 e. The highest BCUT2D eigenvalue weighted by Crippen LogP contribution is 2.37. The molecule has 0 radical (unpaired) electrons. The van der Waals surface area contributed by atoms with Gasteiger partial charge in [-0.15, -0.1) is 11.3 Å². The Balaban J connectivity index is 1.28. The highest BCUT2D eigenvalue weighted by atomic mass is 32.1. The number of rotatable bonds is 3. The molecule has 1 spiro atoms. The monoisotopic (exact) mass is 350 g/mol. The molecule has 3 fully saturated rings. The number of nitrogens with one attached hydrogen (secondary N) is 1. The number of ether oxygens (including phenoxy) is 2. The number of carbonyl (C=O) groups excluding carboxylic acids is 1. The van der Waals surface area contributed by atoms with Crippen LogP contribution < -0.4 is 5.32 Å². The van der Waals surface area contributed by atoms with E-state index in [2.05, 4.69) is 10.2 Å². The summed E-state index contributed by atoms with van der Waals surface area (Å²) >= 11 is 1.49. The SMILES string of the molecule is O=C(NC1COC2(CCN(C3CCOCC3)CC2)C1)c1cccs1. The van der Waals surface area contributed by atoms with Gasteiger partial charge in [-0.3, -0.25) is 9.69 Å². The van der Waals surface area contributed by atoms with Gasteiger partial charge in [-0.25, -0.2) is 0 Å². The molecule has 0 aromatic carbocycles. The van der Waals surface area contributed by atoms with Crippen molar-refractivity contribution in [3.05, 3.63) is 22.4 Å². The van der Waals surface area contributed by atoms with Gasteiger partial charge in [0.2, 0.25) is 0 Å². The molecule has 1 aromatic rings. The number of thiophene rings is 1. The topological polar surface area (TPSA) is 50.8 Å². The van der Waals surface area contributed by atoms with Gasteiger partial charge in [0.25, 0.3) is 5.91 Å². The summed E-state index contributed by atoms with van der Waals surface area (Å²) in [7, 11) is 0. The van der Waals surface area contributed by atoms with Crippen LogP contribution in [0.3, 0.4) is 0 Å². The van der Waals surface area contributed by atoms with Gasteiger partial charge in [-0.05, 0) is 43.6 Å². The average molecular weight is 350 g/mol. The zero-order valence-electron chi connectivity index (χ0n) is 14.0. The van der Waals surface area contributed by atoms with E-state index in [1.165, 1.54) is 11.3 Å². The first kappa shape index (κ1) is 16.5. The predicted molar refractivity (Wildman–Crippen MR) is 93.5 cm³/mol. The Morgan fingerprint density at radius 1 is 1.29 bits per heavy atom. The fourth-order valence-corrected chi connectivity index (χ4v) is 4.92. The molecule has 24 heavy (non-hydrogen) atoms. The van der Waals surface area contributed by atoms with E-state index in [-0.39, 0.29) is 17.6 Å². The number of amides is 1. The molecule has 3 aliphatic rings. The van der Waals surface area contributed by atoms with Crippen LogP contribution in [0, 0.1) is 0 Å². The van der Waals surface area contributed by atoms with Crippen molar-refractivity contribution in [2.24, 2.45) is 0 Å². The Hall–Kier alpha value is -0.950. The van der Waals surface area contributed by atoms with Crippen molar-refractivity contribution < 1.29 is 14.3 Å². The largest absolute Gasteiger partial charge is 0.381 e. The van der Waals surface area contributed by atoms with E-state index < -0.39 is 0 Å². The second-order valence-corrected chi connectivity index (χ2v) is 8.17. The first-order chi connectivity index (χ1) is 11.7. The van der Waals surface area contributed by atoms with Crippen LogP contribution in [0.15, 0.2) is 17.5 Å². The lowest BCUT2D eigenvalue weighted by Crippen LogP contribution is -2.49. The quantitative estimate of drug-likeness (QED) is 0.909. The van der Waals surface area contributed by atoms with Gasteiger partial charge in [0.15, 0.2) is 0 Å². The maximum atomic E-state index is 12.2. The summed E-state index contributed by atoms with van der Waals surface area (Å²) in [5.74, 6) is 0.0373. The van der Waals surface area contributed by atoms with E-state index in [4.69, 9.17) is 9.47 Å². The van der Waals surface area contributed by atoms with E-state index in [9.17, 15) is 4.79 Å². The van der Waals surface area contributed by atoms with Crippen molar-refractivity contribution >= 4 is 17.2 Å². The number of carbonyl (C=O) groups is 1. The third-order valence-electron chi connectivity index (χ3n) is 5.71. The molecule has 3 saturated heterocycles. The van der Waals surface area contributed by atoms with E-state index in [0.717, 1.165) is 63.3 Å². The molecule has 3 aliphatic heterocycles. The fraction of sp³-hybridized carbons (Fsp3) is 0.722. The van der Waals surface area contributed by atoms with Gasteiger partial charge < -0.3 is 14.8 Å². The number of piperidine rings is 1. The highest BCUT2D eigenvalue weighted by Gasteiger charge is 2.44. The number of hydrogen-bond donors (Lipinski definition) is 1. The summed E-state index contributed by atoms with van der Waals surface area (Å²) in [5, 5.41) is 5.08. The van der Waals surface area contributed by atoms with Gasteiger partial charge in [0, 0.05) is 32.3 Å². The molecular weight excluding hydrogens is 324 g/mol. The summed E-state index contributed by atoms with van der Waals surface area (Å²) in [6.07, 6.45) is 5.43. The lowest BCUT2D eigenvalue weighted by molar-refractivity contribution is -0.0613. The Kier molecular flexibility index (Phi) is 4.90. The Morgan fingerprint density at radius 3 is 2.79 bits per heavy atom. The lowest BCUT2D eigenvalue weighted by Gasteiger charge is -2.43. The van der Waals surface area contributed by atoms with Crippen LogP contribution >= 0.6 is 11.3 Å². The average Bonchev–Trinajstić information content (AvgIpc) is 3.27. The van der Waals surface area contributed by atoms with Gasteiger partial charge in [-0.1, -0.05) is 6.07 Å². The molecule has 6 heteroatoms. The molecule has 1 aromatic heterocycles. The standard InChI is InChI=1S/C18H26N2O3S/c21-17(16-2-1-11-24-16)19-14-12-18(23-13-14)5-7-20(8-6-18)15-3-9-22-10-4-15/h1-2,11,14-15H,3-10,12-13H2,(H,19,21). The maximum absolute atomic E-state index is 12.2. The summed E-state index contributed by atoms with van der Waals surface area (Å²) in [4.78, 5) is 15.6. The third kappa shape index (κ3) is 3.52. The second-order valence-electron chi connectivity index (χ2n) is 7.23. The van der Waals surface area contributed by atoms with E-state index in [1.54, 1.807) is 0 Å². The summed E-state index contributed by atoms with van der Waals surface area (Å²) in [6.45, 7) is 4.67. The number of hydrogen-bond acceptors (Lipinski definition) is 5. The molecule has 0 bridgehead atoms. The van der Waals surface area contributed by atoms with Crippen LogP contribution in [-0.4, -0.2) is 61.4 Å². The molecule has 1 unspecified atom stereocenters. The molecule has 1 amide bonds. The van der Waals surface area contributed by atoms with Crippen molar-refractivity contribution in [1.29, 1.82) is 0 Å². The smallest absolute Gasteiger partial charge is 0.261 e. The molecular formula is C18H26N2O3S. The fourth-order valence-electron chi connectivity index (χ4n) is 4.30. The van der Waals surface area contributed by atoms with Crippen LogP contribution in [0.4, 0.5) is 0 Å². The number of nitrogens with zero attached hydrogens (tertiary/aromatic N) is 1. The first-order valence-corrected chi connectivity index (χ1v) is 9.92.